The fourth-order valence-corrected chi connectivity index (χ4v) is 2.35. The summed E-state index contributed by atoms with van der Waals surface area (Å²) in [6, 6.07) is 0.581. The first-order chi connectivity index (χ1) is 7.65. The minimum atomic E-state index is -0.0707. The van der Waals surface area contributed by atoms with E-state index in [1.54, 1.807) is 0 Å². The second-order valence-corrected chi connectivity index (χ2v) is 5.53. The third-order valence-corrected chi connectivity index (χ3v) is 3.96. The van der Waals surface area contributed by atoms with Crippen LogP contribution in [0.25, 0.3) is 0 Å². The van der Waals surface area contributed by atoms with E-state index in [0.717, 1.165) is 18.8 Å². The van der Waals surface area contributed by atoms with Crippen LogP contribution in [0.15, 0.2) is 0 Å². The summed E-state index contributed by atoms with van der Waals surface area (Å²) in [5.41, 5.74) is 0. The first kappa shape index (κ1) is 11.9. The lowest BCUT2D eigenvalue weighted by Gasteiger charge is -2.31. The molecule has 3 heteroatoms. The summed E-state index contributed by atoms with van der Waals surface area (Å²) in [5.74, 6) is 1.39. The van der Waals surface area contributed by atoms with Gasteiger partial charge in [-0.3, -0.25) is 4.79 Å². The molecule has 0 saturated heterocycles. The van der Waals surface area contributed by atoms with Gasteiger partial charge in [-0.05, 0) is 43.9 Å². The molecule has 3 atom stereocenters. The van der Waals surface area contributed by atoms with Crippen LogP contribution in [0, 0.1) is 11.8 Å². The van der Waals surface area contributed by atoms with Crippen LogP contribution in [0.1, 0.15) is 46.0 Å². The molecule has 0 radical (unpaired) electrons. The Morgan fingerprint density at radius 2 is 1.94 bits per heavy atom. The second kappa shape index (κ2) is 5.17. The van der Waals surface area contributed by atoms with E-state index in [4.69, 9.17) is 4.74 Å². The van der Waals surface area contributed by atoms with Gasteiger partial charge in [0.15, 0.2) is 0 Å². The van der Waals surface area contributed by atoms with Crippen molar-refractivity contribution in [1.82, 2.24) is 5.32 Å². The number of rotatable bonds is 4. The molecule has 0 aromatic rings. The summed E-state index contributed by atoms with van der Waals surface area (Å²) in [6.45, 7) is 4.94. The number of nitrogens with one attached hydrogen (secondary N) is 1. The van der Waals surface area contributed by atoms with Crippen LogP contribution in [0.3, 0.4) is 0 Å². The molecular weight excluding hydrogens is 202 g/mol. The van der Waals surface area contributed by atoms with Crippen LogP contribution in [-0.2, 0) is 9.53 Å². The van der Waals surface area contributed by atoms with E-state index in [-0.39, 0.29) is 12.1 Å². The van der Waals surface area contributed by atoms with E-state index >= 15 is 0 Å². The van der Waals surface area contributed by atoms with E-state index < -0.39 is 0 Å². The van der Waals surface area contributed by atoms with Crippen LogP contribution < -0.4 is 5.32 Å². The van der Waals surface area contributed by atoms with Crippen molar-refractivity contribution in [3.63, 3.8) is 0 Å². The number of carbonyl (C=O) groups is 1. The van der Waals surface area contributed by atoms with Gasteiger partial charge in [0.1, 0.15) is 6.10 Å². The molecule has 3 nitrogen and oxygen atoms in total. The highest BCUT2D eigenvalue weighted by atomic mass is 16.5. The van der Waals surface area contributed by atoms with Crippen LogP contribution in [-0.4, -0.2) is 24.7 Å². The smallest absolute Gasteiger partial charge is 0.320 e. The molecule has 0 bridgehead atoms. The Kier molecular flexibility index (Phi) is 3.85. The minimum absolute atomic E-state index is 0.0707. The maximum absolute atomic E-state index is 11.5. The van der Waals surface area contributed by atoms with Gasteiger partial charge < -0.3 is 10.1 Å². The summed E-state index contributed by atoms with van der Waals surface area (Å²) in [7, 11) is 0. The predicted octanol–water partition coefficient (Wildman–Crippen LogP) is 2.11. The van der Waals surface area contributed by atoms with E-state index in [1.165, 1.54) is 19.3 Å². The van der Waals surface area contributed by atoms with E-state index in [0.29, 0.717) is 18.5 Å². The van der Waals surface area contributed by atoms with Crippen molar-refractivity contribution >= 4 is 5.97 Å². The van der Waals surface area contributed by atoms with Crippen LogP contribution in [0.4, 0.5) is 0 Å². The number of ether oxygens (including phenoxy) is 1. The third kappa shape index (κ3) is 3.48. The lowest BCUT2D eigenvalue weighted by Crippen LogP contribution is -2.33. The van der Waals surface area contributed by atoms with Gasteiger partial charge in [-0.1, -0.05) is 13.8 Å². The minimum Gasteiger partial charge on any atom is -0.461 e. The average Bonchev–Trinajstić information content (AvgIpc) is 3.04. The summed E-state index contributed by atoms with van der Waals surface area (Å²) in [4.78, 5) is 11.5. The molecule has 0 heterocycles. The molecule has 2 aliphatic carbocycles. The Balaban J connectivity index is 1.65. The lowest BCUT2D eigenvalue weighted by molar-refractivity contribution is -0.150. The van der Waals surface area contributed by atoms with Gasteiger partial charge in [0.25, 0.3) is 0 Å². The zero-order chi connectivity index (χ0) is 11.5. The molecule has 0 amide bonds. The van der Waals surface area contributed by atoms with Crippen LogP contribution >= 0.6 is 0 Å². The molecule has 1 N–H and O–H groups in total. The summed E-state index contributed by atoms with van der Waals surface area (Å²) < 4.78 is 5.49. The molecule has 0 spiro atoms. The molecule has 2 aliphatic rings. The van der Waals surface area contributed by atoms with Gasteiger partial charge in [0.2, 0.25) is 0 Å². The van der Waals surface area contributed by atoms with E-state index in [9.17, 15) is 4.79 Å². The topological polar surface area (TPSA) is 38.3 Å². The number of esters is 1. The van der Waals surface area contributed by atoms with E-state index in [1.807, 2.05) is 0 Å². The molecular formula is C13H23NO2. The number of hydrogen-bond donors (Lipinski definition) is 1. The van der Waals surface area contributed by atoms with Crippen LogP contribution in [0.2, 0.25) is 0 Å². The zero-order valence-corrected chi connectivity index (χ0v) is 10.4. The van der Waals surface area contributed by atoms with Gasteiger partial charge >= 0.3 is 5.97 Å². The van der Waals surface area contributed by atoms with Crippen molar-refractivity contribution in [2.45, 2.75) is 58.1 Å². The first-order valence-electron chi connectivity index (χ1n) is 6.58. The largest absolute Gasteiger partial charge is 0.461 e. The quantitative estimate of drug-likeness (QED) is 0.745. The molecule has 0 aliphatic heterocycles. The Bertz CT molecular complexity index is 250. The van der Waals surface area contributed by atoms with E-state index in [2.05, 4.69) is 19.2 Å². The molecule has 3 unspecified atom stereocenters. The van der Waals surface area contributed by atoms with Gasteiger partial charge in [0.05, 0.1) is 6.54 Å². The summed E-state index contributed by atoms with van der Waals surface area (Å²) in [6.07, 6.45) is 5.86. The second-order valence-electron chi connectivity index (χ2n) is 5.53. The maximum atomic E-state index is 11.5. The Labute approximate surface area is 97.9 Å². The highest BCUT2D eigenvalue weighted by Crippen LogP contribution is 2.30. The zero-order valence-electron chi connectivity index (χ0n) is 10.4. The fraction of sp³-hybridized carbons (Fsp3) is 0.923. The first-order valence-corrected chi connectivity index (χ1v) is 6.58. The Morgan fingerprint density at radius 1 is 1.19 bits per heavy atom. The molecule has 0 aromatic carbocycles. The predicted molar refractivity (Wildman–Crippen MR) is 63.1 cm³/mol. The Hall–Kier alpha value is -0.570. The standard InChI is InChI=1S/C13H23NO2/c1-9-3-6-12(7-10(9)2)16-13(15)8-14-11-4-5-11/h9-12,14H,3-8H2,1-2H3. The SMILES string of the molecule is CC1CCC(OC(=O)CNC2CC2)CC1C. The van der Waals surface area contributed by atoms with Crippen molar-refractivity contribution in [2.75, 3.05) is 6.54 Å². The number of carbonyl (C=O) groups excluding carboxylic acids is 1. The van der Waals surface area contributed by atoms with Crippen molar-refractivity contribution in [1.29, 1.82) is 0 Å². The van der Waals surface area contributed by atoms with Crippen molar-refractivity contribution in [2.24, 2.45) is 11.8 Å². The van der Waals surface area contributed by atoms with Gasteiger partial charge in [-0.15, -0.1) is 0 Å². The average molecular weight is 225 g/mol. The van der Waals surface area contributed by atoms with Crippen molar-refractivity contribution < 1.29 is 9.53 Å². The fourth-order valence-electron chi connectivity index (χ4n) is 2.35. The number of hydrogen-bond acceptors (Lipinski definition) is 3. The lowest BCUT2D eigenvalue weighted by atomic mass is 9.80. The van der Waals surface area contributed by atoms with Crippen LogP contribution in [0.5, 0.6) is 0 Å². The highest BCUT2D eigenvalue weighted by Gasteiger charge is 2.27. The normalized spacial score (nSPS) is 34.8. The molecule has 16 heavy (non-hydrogen) atoms. The summed E-state index contributed by atoms with van der Waals surface area (Å²) >= 11 is 0. The molecule has 2 fully saturated rings. The van der Waals surface area contributed by atoms with Crippen molar-refractivity contribution in [3.8, 4) is 0 Å². The maximum Gasteiger partial charge on any atom is 0.320 e. The Morgan fingerprint density at radius 3 is 2.56 bits per heavy atom. The highest BCUT2D eigenvalue weighted by molar-refractivity contribution is 5.71. The molecule has 92 valence electrons. The monoisotopic (exact) mass is 225 g/mol. The van der Waals surface area contributed by atoms with Gasteiger partial charge in [-0.2, -0.15) is 0 Å². The molecule has 2 rings (SSSR count). The molecule has 0 aromatic heterocycles. The molecule has 2 saturated carbocycles. The third-order valence-electron chi connectivity index (χ3n) is 3.96. The van der Waals surface area contributed by atoms with Gasteiger partial charge in [0, 0.05) is 6.04 Å². The summed E-state index contributed by atoms with van der Waals surface area (Å²) in [5, 5.41) is 3.19. The van der Waals surface area contributed by atoms with Gasteiger partial charge in [-0.25, -0.2) is 0 Å². The van der Waals surface area contributed by atoms with Crippen molar-refractivity contribution in [3.05, 3.63) is 0 Å².